The summed E-state index contributed by atoms with van der Waals surface area (Å²) in [5.74, 6) is 1.20. The van der Waals surface area contributed by atoms with Crippen LogP contribution in [0.15, 0.2) is 24.3 Å². The number of nitrogens with one attached hydrogen (secondary N) is 1. The zero-order valence-corrected chi connectivity index (χ0v) is 23.4. The van der Waals surface area contributed by atoms with Gasteiger partial charge in [-0.2, -0.15) is 0 Å². The van der Waals surface area contributed by atoms with Crippen molar-refractivity contribution in [1.29, 1.82) is 0 Å². The summed E-state index contributed by atoms with van der Waals surface area (Å²) in [6.07, 6.45) is 9.93. The lowest BCUT2D eigenvalue weighted by Crippen LogP contribution is -2.49. The molecule has 0 bridgehead atoms. The molecule has 4 rings (SSSR count). The van der Waals surface area contributed by atoms with Crippen molar-refractivity contribution in [1.82, 2.24) is 15.2 Å². The average molecular weight is 528 g/mol. The van der Waals surface area contributed by atoms with Crippen molar-refractivity contribution in [3.8, 4) is 11.5 Å². The lowest BCUT2D eigenvalue weighted by atomic mass is 10.0. The third kappa shape index (κ3) is 8.04. The zero-order valence-electron chi connectivity index (χ0n) is 23.4. The molecule has 1 saturated heterocycles. The molecule has 1 amide bonds. The Morgan fingerprint density at radius 3 is 2.66 bits per heavy atom. The molecule has 1 saturated carbocycles. The molecule has 1 atom stereocenters. The lowest BCUT2D eigenvalue weighted by molar-refractivity contribution is -0.0332. The van der Waals surface area contributed by atoms with Crippen LogP contribution in [-0.2, 0) is 9.47 Å². The second-order valence-electron chi connectivity index (χ2n) is 10.8. The van der Waals surface area contributed by atoms with Crippen LogP contribution in [0, 0.1) is 0 Å². The number of ether oxygens (including phenoxy) is 4. The number of piperidine rings is 1. The maximum absolute atomic E-state index is 13.5. The summed E-state index contributed by atoms with van der Waals surface area (Å²) in [6, 6.07) is 8.27. The van der Waals surface area contributed by atoms with Gasteiger partial charge in [-0.1, -0.05) is 18.9 Å². The summed E-state index contributed by atoms with van der Waals surface area (Å²) in [5, 5.41) is 4.09. The molecule has 210 valence electrons. The summed E-state index contributed by atoms with van der Waals surface area (Å²) in [5.41, 5.74) is 1.05. The molecule has 1 aromatic carbocycles. The second-order valence-corrected chi connectivity index (χ2v) is 10.8. The van der Waals surface area contributed by atoms with Gasteiger partial charge >= 0.3 is 0 Å². The van der Waals surface area contributed by atoms with Gasteiger partial charge in [0.25, 0.3) is 5.91 Å². The van der Waals surface area contributed by atoms with Gasteiger partial charge in [-0.15, -0.1) is 0 Å². The Bertz CT molecular complexity index is 1020. The number of aromatic nitrogens is 1. The molecule has 0 radical (unpaired) electrons. The maximum atomic E-state index is 13.5. The van der Waals surface area contributed by atoms with E-state index in [2.05, 4.69) is 24.1 Å². The number of nitrogens with zero attached hydrogens (tertiary/aromatic N) is 2. The fourth-order valence-corrected chi connectivity index (χ4v) is 5.40. The van der Waals surface area contributed by atoms with E-state index in [4.69, 9.17) is 23.9 Å². The molecule has 1 aromatic heterocycles. The van der Waals surface area contributed by atoms with Crippen molar-refractivity contribution in [2.45, 2.75) is 89.8 Å². The van der Waals surface area contributed by atoms with E-state index >= 15 is 0 Å². The van der Waals surface area contributed by atoms with Crippen molar-refractivity contribution in [3.05, 3.63) is 30.0 Å². The molecule has 1 aliphatic heterocycles. The first kappa shape index (κ1) is 28.6. The number of pyridine rings is 1. The normalized spacial score (nSPS) is 19.4. The maximum Gasteiger partial charge on any atom is 0.270 e. The third-order valence-corrected chi connectivity index (χ3v) is 7.50. The highest BCUT2D eigenvalue weighted by atomic mass is 16.7. The molecule has 38 heavy (non-hydrogen) atoms. The van der Waals surface area contributed by atoms with E-state index in [1.807, 2.05) is 18.2 Å². The van der Waals surface area contributed by atoms with E-state index in [1.165, 1.54) is 25.7 Å². The number of amides is 1. The molecular formula is C30H45N3O5. The molecule has 8 heteroatoms. The van der Waals surface area contributed by atoms with Crippen molar-refractivity contribution < 1.29 is 23.7 Å². The number of hydrogen-bond donors (Lipinski definition) is 1. The molecule has 8 nitrogen and oxygen atoms in total. The number of benzene rings is 1. The molecule has 0 unspecified atom stereocenters. The number of fused-ring (bicyclic) bond motifs is 1. The molecule has 2 fully saturated rings. The van der Waals surface area contributed by atoms with Crippen LogP contribution in [0.1, 0.15) is 82.1 Å². The predicted octanol–water partition coefficient (Wildman–Crippen LogP) is 5.33. The molecule has 1 N–H and O–H groups in total. The van der Waals surface area contributed by atoms with Gasteiger partial charge in [0.1, 0.15) is 29.5 Å². The minimum absolute atomic E-state index is 0.107. The number of hydrogen-bond acceptors (Lipinski definition) is 7. The highest BCUT2D eigenvalue weighted by Gasteiger charge is 2.25. The Hall–Kier alpha value is -2.42. The zero-order chi connectivity index (χ0) is 26.7. The van der Waals surface area contributed by atoms with Gasteiger partial charge in [0.15, 0.2) is 0 Å². The van der Waals surface area contributed by atoms with Crippen LogP contribution in [0.4, 0.5) is 0 Å². The van der Waals surface area contributed by atoms with Crippen LogP contribution in [0.2, 0.25) is 0 Å². The standard InChI is InChI=1S/C30H45N3O5/c1-22(2)33-16-9-11-23(20-33)31-30(34)26-19-28(37-18-10-17-36-21-35-3)25-14-8-15-27(29(25)32-26)38-24-12-6-4-5-7-13-24/h8,14-15,19,22-24H,4-7,9-13,16-18,20-21H2,1-3H3,(H,31,34)/t23-/m1/s1. The van der Waals surface area contributed by atoms with Crippen LogP contribution in [-0.4, -0.2) is 74.2 Å². The largest absolute Gasteiger partial charge is 0.493 e. The van der Waals surface area contributed by atoms with Gasteiger partial charge in [-0.25, -0.2) is 4.98 Å². The van der Waals surface area contributed by atoms with E-state index in [-0.39, 0.29) is 24.8 Å². The van der Waals surface area contributed by atoms with Crippen LogP contribution in [0.5, 0.6) is 11.5 Å². The van der Waals surface area contributed by atoms with Crippen molar-refractivity contribution >= 4 is 16.8 Å². The summed E-state index contributed by atoms with van der Waals surface area (Å²) < 4.78 is 23.0. The second kappa shape index (κ2) is 14.7. The van der Waals surface area contributed by atoms with Gasteiger partial charge in [0.2, 0.25) is 0 Å². The quantitative estimate of drug-likeness (QED) is 0.227. The van der Waals surface area contributed by atoms with Crippen LogP contribution in [0.25, 0.3) is 10.9 Å². The Morgan fingerprint density at radius 2 is 1.89 bits per heavy atom. The minimum Gasteiger partial charge on any atom is -0.493 e. The molecule has 0 spiro atoms. The first-order valence-electron chi connectivity index (χ1n) is 14.4. The highest BCUT2D eigenvalue weighted by Crippen LogP contribution is 2.34. The molecular weight excluding hydrogens is 482 g/mol. The summed E-state index contributed by atoms with van der Waals surface area (Å²) in [4.78, 5) is 20.7. The van der Waals surface area contributed by atoms with Crippen LogP contribution < -0.4 is 14.8 Å². The van der Waals surface area contributed by atoms with Crippen molar-refractivity contribution in [2.24, 2.45) is 0 Å². The van der Waals surface area contributed by atoms with Crippen LogP contribution in [0.3, 0.4) is 0 Å². The van der Waals surface area contributed by atoms with E-state index in [9.17, 15) is 4.79 Å². The smallest absolute Gasteiger partial charge is 0.270 e. The van der Waals surface area contributed by atoms with Crippen molar-refractivity contribution in [2.75, 3.05) is 40.2 Å². The number of carbonyl (C=O) groups excluding carboxylic acids is 1. The number of para-hydroxylation sites is 1. The molecule has 1 aliphatic carbocycles. The first-order valence-corrected chi connectivity index (χ1v) is 14.4. The monoisotopic (exact) mass is 527 g/mol. The SMILES string of the molecule is COCOCCCOc1cc(C(=O)N[C@@H]2CCCN(C(C)C)C2)nc2c(OC3CCCCCC3)cccc12. The number of rotatable bonds is 12. The van der Waals surface area contributed by atoms with Gasteiger partial charge in [-0.05, 0) is 71.0 Å². The van der Waals surface area contributed by atoms with E-state index < -0.39 is 0 Å². The Morgan fingerprint density at radius 1 is 1.08 bits per heavy atom. The first-order chi connectivity index (χ1) is 18.5. The van der Waals surface area contributed by atoms with Gasteiger partial charge in [0.05, 0.1) is 19.3 Å². The summed E-state index contributed by atoms with van der Waals surface area (Å²) in [7, 11) is 1.61. The number of methoxy groups -OCH3 is 1. The Labute approximate surface area is 227 Å². The fourth-order valence-electron chi connectivity index (χ4n) is 5.40. The van der Waals surface area contributed by atoms with Crippen LogP contribution >= 0.6 is 0 Å². The third-order valence-electron chi connectivity index (χ3n) is 7.50. The highest BCUT2D eigenvalue weighted by molar-refractivity contribution is 5.98. The minimum atomic E-state index is -0.167. The average Bonchev–Trinajstić information content (AvgIpc) is 3.19. The lowest BCUT2D eigenvalue weighted by Gasteiger charge is -2.35. The predicted molar refractivity (Wildman–Crippen MR) is 149 cm³/mol. The molecule has 2 aliphatic rings. The van der Waals surface area contributed by atoms with E-state index in [0.29, 0.717) is 42.6 Å². The summed E-state index contributed by atoms with van der Waals surface area (Å²) >= 11 is 0. The number of likely N-dealkylation sites (tertiary alicyclic amines) is 1. The topological polar surface area (TPSA) is 82.2 Å². The van der Waals surface area contributed by atoms with Crippen molar-refractivity contribution in [3.63, 3.8) is 0 Å². The summed E-state index contributed by atoms with van der Waals surface area (Å²) in [6.45, 7) is 7.60. The van der Waals surface area contributed by atoms with Gasteiger partial charge in [-0.3, -0.25) is 9.69 Å². The fraction of sp³-hybridized carbons (Fsp3) is 0.667. The van der Waals surface area contributed by atoms with Gasteiger partial charge < -0.3 is 24.3 Å². The Kier molecular flexibility index (Phi) is 11.0. The Balaban J connectivity index is 1.56. The van der Waals surface area contributed by atoms with Gasteiger partial charge in [0, 0.05) is 43.6 Å². The van der Waals surface area contributed by atoms with E-state index in [0.717, 1.165) is 49.9 Å². The van der Waals surface area contributed by atoms with E-state index in [1.54, 1.807) is 13.2 Å². The molecule has 2 heterocycles. The molecule has 2 aromatic rings. The number of carbonyl (C=O) groups is 1.